The third-order valence-corrected chi connectivity index (χ3v) is 5.03. The predicted octanol–water partition coefficient (Wildman–Crippen LogP) is 5.65. The van der Waals surface area contributed by atoms with Crippen LogP contribution in [0, 0.1) is 11.7 Å². The zero-order chi connectivity index (χ0) is 24.1. The standard InChI is InChI=1S/C24H19F2N5O2S/c1-15-5-7-18(8-6-15)22(32)28-19-4-2-3-16(13-19)14-27-31-21(29-30-24(31)34)17-9-11-20(12-10-17)33-23(25)26/h2-14,23H,1H3,(H,28,32)(H,30,34)/b27-14+. The number of aromatic amines is 1. The van der Waals surface area contributed by atoms with Crippen LogP contribution >= 0.6 is 12.2 Å². The number of carbonyl (C=O) groups excluding carboxylic acids is 1. The maximum Gasteiger partial charge on any atom is 0.387 e. The zero-order valence-electron chi connectivity index (χ0n) is 17.9. The van der Waals surface area contributed by atoms with Crippen LogP contribution in [0.4, 0.5) is 14.5 Å². The Morgan fingerprint density at radius 2 is 1.88 bits per heavy atom. The maximum atomic E-state index is 12.5. The molecule has 1 heterocycles. The monoisotopic (exact) mass is 479 g/mol. The first-order chi connectivity index (χ1) is 16.4. The molecule has 0 atom stereocenters. The van der Waals surface area contributed by atoms with Gasteiger partial charge in [0.25, 0.3) is 5.91 Å². The van der Waals surface area contributed by atoms with Gasteiger partial charge in [-0.2, -0.15) is 23.7 Å². The minimum atomic E-state index is -2.90. The fourth-order valence-corrected chi connectivity index (χ4v) is 3.28. The van der Waals surface area contributed by atoms with Crippen molar-refractivity contribution in [3.8, 4) is 17.1 Å². The Kier molecular flexibility index (Phi) is 6.88. The second-order valence-electron chi connectivity index (χ2n) is 7.26. The van der Waals surface area contributed by atoms with Crippen LogP contribution in [0.3, 0.4) is 0 Å². The van der Waals surface area contributed by atoms with E-state index in [9.17, 15) is 13.6 Å². The number of aromatic nitrogens is 3. The molecule has 0 spiro atoms. The van der Waals surface area contributed by atoms with Crippen LogP contribution < -0.4 is 10.1 Å². The van der Waals surface area contributed by atoms with Gasteiger partial charge >= 0.3 is 6.61 Å². The Morgan fingerprint density at radius 1 is 1.15 bits per heavy atom. The third kappa shape index (κ3) is 5.59. The largest absolute Gasteiger partial charge is 0.435 e. The minimum Gasteiger partial charge on any atom is -0.435 e. The normalized spacial score (nSPS) is 11.2. The zero-order valence-corrected chi connectivity index (χ0v) is 18.7. The van der Waals surface area contributed by atoms with Crippen LogP contribution in [-0.2, 0) is 0 Å². The van der Waals surface area contributed by atoms with Gasteiger partial charge in [0.1, 0.15) is 5.75 Å². The molecule has 2 N–H and O–H groups in total. The van der Waals surface area contributed by atoms with Gasteiger partial charge in [0.15, 0.2) is 5.82 Å². The number of hydrogen-bond acceptors (Lipinski definition) is 5. The number of halogens is 2. The summed E-state index contributed by atoms with van der Waals surface area (Å²) in [6.07, 6.45) is 1.57. The maximum absolute atomic E-state index is 12.5. The van der Waals surface area contributed by atoms with E-state index in [1.807, 2.05) is 25.1 Å². The lowest BCUT2D eigenvalue weighted by atomic mass is 10.1. The first-order valence-corrected chi connectivity index (χ1v) is 10.5. The van der Waals surface area contributed by atoms with Gasteiger partial charge in [-0.1, -0.05) is 29.8 Å². The molecule has 0 saturated carbocycles. The summed E-state index contributed by atoms with van der Waals surface area (Å²) < 4.78 is 30.8. The van der Waals surface area contributed by atoms with Crippen molar-refractivity contribution >= 4 is 30.0 Å². The van der Waals surface area contributed by atoms with Crippen LogP contribution in [0.5, 0.6) is 5.75 Å². The number of nitrogens with zero attached hydrogens (tertiary/aromatic N) is 3. The summed E-state index contributed by atoms with van der Waals surface area (Å²) in [6, 6.07) is 20.4. The van der Waals surface area contributed by atoms with Gasteiger partial charge in [-0.3, -0.25) is 4.79 Å². The van der Waals surface area contributed by atoms with E-state index in [0.717, 1.165) is 11.1 Å². The average Bonchev–Trinajstić information content (AvgIpc) is 3.18. The Morgan fingerprint density at radius 3 is 2.59 bits per heavy atom. The second kappa shape index (κ2) is 10.2. The number of benzene rings is 3. The number of hydrogen-bond donors (Lipinski definition) is 2. The van der Waals surface area contributed by atoms with E-state index in [1.165, 1.54) is 16.8 Å². The molecule has 1 amide bonds. The molecule has 0 fully saturated rings. The lowest BCUT2D eigenvalue weighted by Crippen LogP contribution is -2.11. The van der Waals surface area contributed by atoms with E-state index in [2.05, 4.69) is 25.4 Å². The molecule has 0 unspecified atom stereocenters. The molecule has 1 aromatic heterocycles. The molecule has 0 radical (unpaired) electrons. The van der Waals surface area contributed by atoms with Gasteiger partial charge in [-0.15, -0.1) is 0 Å². The molecule has 3 aromatic carbocycles. The summed E-state index contributed by atoms with van der Waals surface area (Å²) in [7, 11) is 0. The fourth-order valence-electron chi connectivity index (χ4n) is 3.10. The lowest BCUT2D eigenvalue weighted by molar-refractivity contribution is -0.0498. The van der Waals surface area contributed by atoms with Gasteiger partial charge < -0.3 is 10.1 Å². The number of amides is 1. The molecule has 34 heavy (non-hydrogen) atoms. The molecule has 0 aliphatic carbocycles. The van der Waals surface area contributed by atoms with Crippen molar-refractivity contribution in [3.63, 3.8) is 0 Å². The van der Waals surface area contributed by atoms with Crippen molar-refractivity contribution in [3.05, 3.63) is 94.3 Å². The SMILES string of the molecule is Cc1ccc(C(=O)Nc2cccc(/C=N/n3c(-c4ccc(OC(F)F)cc4)n[nH]c3=S)c2)cc1. The van der Waals surface area contributed by atoms with Crippen molar-refractivity contribution in [2.24, 2.45) is 5.10 Å². The number of ether oxygens (including phenoxy) is 1. The van der Waals surface area contributed by atoms with E-state index >= 15 is 0 Å². The molecule has 0 aliphatic rings. The van der Waals surface area contributed by atoms with E-state index in [-0.39, 0.29) is 16.4 Å². The average molecular weight is 480 g/mol. The smallest absolute Gasteiger partial charge is 0.387 e. The Hall–Kier alpha value is -4.18. The summed E-state index contributed by atoms with van der Waals surface area (Å²) in [5, 5.41) is 14.1. The number of aryl methyl sites for hydroxylation is 1. The van der Waals surface area contributed by atoms with E-state index in [0.29, 0.717) is 22.6 Å². The molecule has 0 bridgehead atoms. The van der Waals surface area contributed by atoms with Crippen LogP contribution in [0.2, 0.25) is 0 Å². The second-order valence-corrected chi connectivity index (χ2v) is 7.64. The number of rotatable bonds is 7. The fraction of sp³-hybridized carbons (Fsp3) is 0.0833. The Balaban J connectivity index is 1.52. The molecular formula is C24H19F2N5O2S. The summed E-state index contributed by atoms with van der Waals surface area (Å²) in [4.78, 5) is 12.5. The quantitative estimate of drug-likeness (QED) is 0.265. The molecule has 0 saturated heterocycles. The first kappa shape index (κ1) is 23.0. The van der Waals surface area contributed by atoms with Crippen molar-refractivity contribution < 1.29 is 18.3 Å². The Bertz CT molecular complexity index is 1380. The van der Waals surface area contributed by atoms with E-state index in [4.69, 9.17) is 12.2 Å². The highest BCUT2D eigenvalue weighted by atomic mass is 32.1. The molecule has 172 valence electrons. The number of nitrogens with one attached hydrogen (secondary N) is 2. The van der Waals surface area contributed by atoms with E-state index in [1.54, 1.807) is 48.7 Å². The lowest BCUT2D eigenvalue weighted by Gasteiger charge is -2.07. The first-order valence-electron chi connectivity index (χ1n) is 10.1. The van der Waals surface area contributed by atoms with Gasteiger partial charge in [-0.25, -0.2) is 5.10 Å². The molecular weight excluding hydrogens is 460 g/mol. The Labute approximate surface area is 198 Å². The number of H-pyrrole nitrogens is 1. The molecule has 0 aliphatic heterocycles. The number of alkyl halides is 2. The van der Waals surface area contributed by atoms with Crippen molar-refractivity contribution in [2.75, 3.05) is 5.32 Å². The minimum absolute atomic E-state index is 0.0347. The van der Waals surface area contributed by atoms with Crippen molar-refractivity contribution in [2.45, 2.75) is 13.5 Å². The van der Waals surface area contributed by atoms with Gasteiger partial charge in [0, 0.05) is 16.8 Å². The van der Waals surface area contributed by atoms with Crippen LogP contribution in [0.25, 0.3) is 11.4 Å². The third-order valence-electron chi connectivity index (χ3n) is 4.77. The summed E-state index contributed by atoms with van der Waals surface area (Å²) >= 11 is 5.27. The van der Waals surface area contributed by atoms with E-state index < -0.39 is 6.61 Å². The highest BCUT2D eigenvalue weighted by Crippen LogP contribution is 2.22. The summed E-state index contributed by atoms with van der Waals surface area (Å²) in [5.74, 6) is 0.216. The molecule has 7 nitrogen and oxygen atoms in total. The van der Waals surface area contributed by atoms with Gasteiger partial charge in [0.05, 0.1) is 6.21 Å². The molecule has 4 aromatic rings. The summed E-state index contributed by atoms with van der Waals surface area (Å²) in [5.41, 5.74) is 3.57. The van der Waals surface area contributed by atoms with Crippen molar-refractivity contribution in [1.82, 2.24) is 14.9 Å². The van der Waals surface area contributed by atoms with Crippen LogP contribution in [0.1, 0.15) is 21.5 Å². The van der Waals surface area contributed by atoms with Gasteiger partial charge in [-0.05, 0) is 73.2 Å². The molecule has 4 rings (SSSR count). The number of anilines is 1. The highest BCUT2D eigenvalue weighted by Gasteiger charge is 2.10. The van der Waals surface area contributed by atoms with Crippen LogP contribution in [0.15, 0.2) is 77.9 Å². The highest BCUT2D eigenvalue weighted by molar-refractivity contribution is 7.71. The van der Waals surface area contributed by atoms with Crippen molar-refractivity contribution in [1.29, 1.82) is 0 Å². The van der Waals surface area contributed by atoms with Gasteiger partial charge in [0.2, 0.25) is 4.77 Å². The number of carbonyl (C=O) groups is 1. The predicted molar refractivity (Wildman–Crippen MR) is 128 cm³/mol. The molecule has 10 heteroatoms. The van der Waals surface area contributed by atoms with Crippen LogP contribution in [-0.4, -0.2) is 33.6 Å². The summed E-state index contributed by atoms with van der Waals surface area (Å²) in [6.45, 7) is -0.943. The topological polar surface area (TPSA) is 84.3 Å².